The normalized spacial score (nSPS) is 21.2. The molecule has 0 aliphatic carbocycles. The lowest BCUT2D eigenvalue weighted by molar-refractivity contribution is -0.305. The van der Waals surface area contributed by atoms with E-state index < -0.39 is 55.4 Å². The lowest BCUT2D eigenvalue weighted by atomic mass is 9.99. The van der Waals surface area contributed by atoms with Crippen molar-refractivity contribution < 1.29 is 49.0 Å². The van der Waals surface area contributed by atoms with Gasteiger partial charge in [0.05, 0.1) is 13.2 Å². The molecule has 2 unspecified atom stereocenters. The Morgan fingerprint density at radius 1 is 0.542 bits per heavy atom. The van der Waals surface area contributed by atoms with E-state index in [9.17, 15) is 30.0 Å². The molecule has 10 nitrogen and oxygen atoms in total. The number of aliphatic hydroxyl groups is 4. The molecule has 0 aromatic rings. The van der Waals surface area contributed by atoms with E-state index in [4.69, 9.17) is 18.9 Å². The molecule has 0 amide bonds. The monoisotopic (exact) mass is 823 g/mol. The Kier molecular flexibility index (Phi) is 34.5. The van der Waals surface area contributed by atoms with Crippen LogP contribution in [-0.4, -0.2) is 89.0 Å². The van der Waals surface area contributed by atoms with Crippen LogP contribution in [0.1, 0.15) is 117 Å². The summed E-state index contributed by atoms with van der Waals surface area (Å²) in [7, 11) is 0. The van der Waals surface area contributed by atoms with E-state index in [1.54, 1.807) is 0 Å². The van der Waals surface area contributed by atoms with Gasteiger partial charge in [0.15, 0.2) is 12.4 Å². The van der Waals surface area contributed by atoms with Crippen molar-refractivity contribution in [1.29, 1.82) is 0 Å². The zero-order valence-corrected chi connectivity index (χ0v) is 35.7. The summed E-state index contributed by atoms with van der Waals surface area (Å²) in [5.74, 6) is -0.948. The molecule has 10 heteroatoms. The minimum atomic E-state index is -1.62. The summed E-state index contributed by atoms with van der Waals surface area (Å²) < 4.78 is 22.0. The smallest absolute Gasteiger partial charge is 0.306 e. The van der Waals surface area contributed by atoms with E-state index in [-0.39, 0.29) is 26.1 Å². The zero-order chi connectivity index (χ0) is 43.0. The van der Waals surface area contributed by atoms with Gasteiger partial charge in [-0.2, -0.15) is 0 Å². The first-order valence-electron chi connectivity index (χ1n) is 21.7. The number of aliphatic hydroxyl groups excluding tert-OH is 4. The second-order valence-corrected chi connectivity index (χ2v) is 14.1. The van der Waals surface area contributed by atoms with Gasteiger partial charge >= 0.3 is 11.9 Å². The standard InChI is InChI=1S/C49H74O10/c1-3-5-7-9-11-13-15-17-19-20-21-22-24-25-27-29-31-33-35-37-44(51)56-40-42(41-57-49-48(55)47(54)46(53)43(39-50)59-49)58-45(52)38-36-34-32-30-28-26-23-18-16-14-12-10-8-6-4-2/h5-8,10-14,16-19,21-23,25,27,31,33,42-43,46-50,53-55H,3-4,9,15,20,24,26,28-30,32,34-41H2,1-2H3/b7-5+,8-6+,12-10+,13-11+,16-14+,19-17+,22-21+,23-18+,27-25+,33-31+/t42-,43-,46+,47?,48?,49-/m0/s1. The van der Waals surface area contributed by atoms with Gasteiger partial charge in [0, 0.05) is 12.8 Å². The van der Waals surface area contributed by atoms with Crippen LogP contribution < -0.4 is 0 Å². The van der Waals surface area contributed by atoms with Gasteiger partial charge < -0.3 is 39.4 Å². The average molecular weight is 823 g/mol. The summed E-state index contributed by atoms with van der Waals surface area (Å²) in [5, 5.41) is 40.0. The van der Waals surface area contributed by atoms with Crippen molar-refractivity contribution >= 4 is 11.9 Å². The Balaban J connectivity index is 2.43. The summed E-state index contributed by atoms with van der Waals surface area (Å²) in [5.41, 5.74) is 0. The molecule has 1 heterocycles. The number of rotatable bonds is 33. The molecule has 59 heavy (non-hydrogen) atoms. The number of allylic oxidation sites excluding steroid dienone is 20. The Morgan fingerprint density at radius 2 is 1.07 bits per heavy atom. The molecule has 4 N–H and O–H groups in total. The fourth-order valence-electron chi connectivity index (χ4n) is 5.57. The highest BCUT2D eigenvalue weighted by molar-refractivity contribution is 5.70. The number of esters is 2. The molecule has 0 aromatic heterocycles. The molecule has 330 valence electrons. The van der Waals surface area contributed by atoms with Crippen LogP contribution in [0.5, 0.6) is 0 Å². The van der Waals surface area contributed by atoms with Crippen LogP contribution in [-0.2, 0) is 28.5 Å². The zero-order valence-electron chi connectivity index (χ0n) is 35.7. The fraction of sp³-hybridized carbons (Fsp3) is 0.551. The van der Waals surface area contributed by atoms with Gasteiger partial charge in [-0.15, -0.1) is 0 Å². The Morgan fingerprint density at radius 3 is 1.66 bits per heavy atom. The molecule has 1 aliphatic heterocycles. The van der Waals surface area contributed by atoms with Gasteiger partial charge in [-0.3, -0.25) is 9.59 Å². The molecule has 6 atom stereocenters. The Bertz CT molecular complexity index is 1370. The summed E-state index contributed by atoms with van der Waals surface area (Å²) in [6.07, 6.45) is 46.4. The maximum Gasteiger partial charge on any atom is 0.306 e. The first kappa shape index (κ1) is 53.1. The van der Waals surface area contributed by atoms with Gasteiger partial charge in [0.25, 0.3) is 0 Å². The molecule has 1 fully saturated rings. The topological polar surface area (TPSA) is 152 Å². The predicted octanol–water partition coefficient (Wildman–Crippen LogP) is 9.10. The minimum Gasteiger partial charge on any atom is -0.462 e. The number of ether oxygens (including phenoxy) is 4. The molecule has 0 radical (unpaired) electrons. The van der Waals surface area contributed by atoms with Gasteiger partial charge in [-0.05, 0) is 70.6 Å². The third-order valence-electron chi connectivity index (χ3n) is 8.95. The van der Waals surface area contributed by atoms with Crippen molar-refractivity contribution in [3.05, 3.63) is 122 Å². The SMILES string of the molecule is CC/C=C/C=C/C=C/C=C/CCCCCCCC(=O)O[C@@H](COC(=O)CC/C=C/C/C=C/C/C=C/C/C=C/C/C=C/C/C=C/CC)CO[C@H]1O[C@@H](CO)[C@@H](O)C(O)C1O. The van der Waals surface area contributed by atoms with Crippen LogP contribution in [0.15, 0.2) is 122 Å². The van der Waals surface area contributed by atoms with Crippen molar-refractivity contribution in [2.75, 3.05) is 19.8 Å². The van der Waals surface area contributed by atoms with Gasteiger partial charge in [-0.25, -0.2) is 0 Å². The summed E-state index contributed by atoms with van der Waals surface area (Å²) in [4.78, 5) is 25.3. The maximum absolute atomic E-state index is 12.7. The highest BCUT2D eigenvalue weighted by atomic mass is 16.7. The van der Waals surface area contributed by atoms with E-state index in [0.29, 0.717) is 12.8 Å². The molecule has 0 spiro atoms. The number of carbonyl (C=O) groups excluding carboxylic acids is 2. The Hall–Kier alpha value is -3.90. The second kappa shape index (κ2) is 38.3. The van der Waals surface area contributed by atoms with Crippen molar-refractivity contribution in [3.8, 4) is 0 Å². The average Bonchev–Trinajstić information content (AvgIpc) is 3.23. The van der Waals surface area contributed by atoms with Gasteiger partial charge in [-0.1, -0.05) is 155 Å². The number of hydrogen-bond acceptors (Lipinski definition) is 10. The van der Waals surface area contributed by atoms with E-state index in [1.165, 1.54) is 0 Å². The number of hydrogen-bond donors (Lipinski definition) is 4. The van der Waals surface area contributed by atoms with Crippen LogP contribution in [0.3, 0.4) is 0 Å². The summed E-state index contributed by atoms with van der Waals surface area (Å²) in [6.45, 7) is 3.03. The molecule has 0 saturated carbocycles. The largest absolute Gasteiger partial charge is 0.462 e. The first-order valence-corrected chi connectivity index (χ1v) is 21.7. The van der Waals surface area contributed by atoms with Crippen molar-refractivity contribution in [3.63, 3.8) is 0 Å². The fourth-order valence-corrected chi connectivity index (χ4v) is 5.57. The molecule has 1 saturated heterocycles. The molecular formula is C49H74O10. The lowest BCUT2D eigenvalue weighted by Gasteiger charge is -2.39. The number of unbranched alkanes of at least 4 members (excludes halogenated alkanes) is 5. The van der Waals surface area contributed by atoms with Crippen molar-refractivity contribution in [2.45, 2.75) is 153 Å². The summed E-state index contributed by atoms with van der Waals surface area (Å²) >= 11 is 0. The predicted molar refractivity (Wildman–Crippen MR) is 237 cm³/mol. The second-order valence-electron chi connectivity index (χ2n) is 14.1. The van der Waals surface area contributed by atoms with Crippen LogP contribution in [0.25, 0.3) is 0 Å². The highest BCUT2D eigenvalue weighted by Crippen LogP contribution is 2.22. The van der Waals surface area contributed by atoms with E-state index >= 15 is 0 Å². The molecular weight excluding hydrogens is 749 g/mol. The van der Waals surface area contributed by atoms with E-state index in [2.05, 4.69) is 86.8 Å². The van der Waals surface area contributed by atoms with E-state index in [0.717, 1.165) is 77.0 Å². The molecule has 0 aromatic carbocycles. The van der Waals surface area contributed by atoms with Crippen LogP contribution in [0, 0.1) is 0 Å². The van der Waals surface area contributed by atoms with Gasteiger partial charge in [0.2, 0.25) is 0 Å². The van der Waals surface area contributed by atoms with Crippen LogP contribution in [0.2, 0.25) is 0 Å². The van der Waals surface area contributed by atoms with Crippen molar-refractivity contribution in [2.24, 2.45) is 0 Å². The van der Waals surface area contributed by atoms with Crippen LogP contribution >= 0.6 is 0 Å². The van der Waals surface area contributed by atoms with E-state index in [1.807, 2.05) is 48.6 Å². The quantitative estimate of drug-likeness (QED) is 0.0218. The van der Waals surface area contributed by atoms with Crippen LogP contribution in [0.4, 0.5) is 0 Å². The minimum absolute atomic E-state index is 0.136. The lowest BCUT2D eigenvalue weighted by Crippen LogP contribution is -2.59. The maximum atomic E-state index is 12.7. The first-order chi connectivity index (χ1) is 28.8. The highest BCUT2D eigenvalue weighted by Gasteiger charge is 2.44. The molecule has 1 aliphatic rings. The van der Waals surface area contributed by atoms with Crippen molar-refractivity contribution in [1.82, 2.24) is 0 Å². The summed E-state index contributed by atoms with van der Waals surface area (Å²) in [6, 6.07) is 0. The molecule has 1 rings (SSSR count). The molecule has 0 bridgehead atoms. The third kappa shape index (κ3) is 29.9. The van der Waals surface area contributed by atoms with Gasteiger partial charge in [0.1, 0.15) is 31.0 Å². The third-order valence-corrected chi connectivity index (χ3v) is 8.95. The Labute approximate surface area is 354 Å². The number of carbonyl (C=O) groups is 2.